The predicted molar refractivity (Wildman–Crippen MR) is 83.2 cm³/mol. The van der Waals surface area contributed by atoms with Crippen molar-refractivity contribution in [3.63, 3.8) is 0 Å². The first-order valence-corrected chi connectivity index (χ1v) is 6.71. The number of hydrogen-bond acceptors (Lipinski definition) is 5. The molecule has 0 unspecified atom stereocenters. The second-order valence-electron chi connectivity index (χ2n) is 4.76. The lowest BCUT2D eigenvalue weighted by molar-refractivity contribution is 0.318. The molecule has 21 heavy (non-hydrogen) atoms. The van der Waals surface area contributed by atoms with Crippen molar-refractivity contribution in [1.29, 1.82) is 0 Å². The number of benzene rings is 1. The fourth-order valence-corrected chi connectivity index (χ4v) is 1.96. The Labute approximate surface area is 123 Å². The van der Waals surface area contributed by atoms with Gasteiger partial charge in [-0.15, -0.1) is 0 Å². The predicted octanol–water partition coefficient (Wildman–Crippen LogP) is 2.21. The molecule has 0 aliphatic carbocycles. The first-order chi connectivity index (χ1) is 10.0. The van der Waals surface area contributed by atoms with Crippen LogP contribution in [0.4, 0.5) is 11.6 Å². The van der Waals surface area contributed by atoms with E-state index >= 15 is 0 Å². The van der Waals surface area contributed by atoms with E-state index in [9.17, 15) is 0 Å². The van der Waals surface area contributed by atoms with E-state index in [1.165, 1.54) is 5.56 Å². The summed E-state index contributed by atoms with van der Waals surface area (Å²) in [6.45, 7) is 3.96. The van der Waals surface area contributed by atoms with Gasteiger partial charge in [0.05, 0.1) is 0 Å². The maximum absolute atomic E-state index is 8.77. The van der Waals surface area contributed by atoms with Crippen LogP contribution in [0, 0.1) is 6.92 Å². The van der Waals surface area contributed by atoms with Crippen LogP contribution in [-0.2, 0) is 6.42 Å². The molecule has 0 spiro atoms. The van der Waals surface area contributed by atoms with E-state index in [1.807, 2.05) is 31.0 Å². The molecule has 1 aromatic carbocycles. The highest BCUT2D eigenvalue weighted by molar-refractivity contribution is 5.95. The molecule has 0 bridgehead atoms. The van der Waals surface area contributed by atoms with E-state index in [-0.39, 0.29) is 5.84 Å². The lowest BCUT2D eigenvalue weighted by Crippen LogP contribution is -2.20. The molecular weight excluding hydrogens is 266 g/mol. The fourth-order valence-electron chi connectivity index (χ4n) is 1.96. The first-order valence-electron chi connectivity index (χ1n) is 6.71. The molecule has 0 atom stereocenters. The molecule has 0 fully saturated rings. The number of anilines is 2. The van der Waals surface area contributed by atoms with Crippen LogP contribution in [0.3, 0.4) is 0 Å². The van der Waals surface area contributed by atoms with E-state index in [1.54, 1.807) is 6.07 Å². The van der Waals surface area contributed by atoms with Crippen molar-refractivity contribution >= 4 is 17.5 Å². The van der Waals surface area contributed by atoms with E-state index in [0.29, 0.717) is 11.6 Å². The van der Waals surface area contributed by atoms with Crippen LogP contribution in [0.5, 0.6) is 0 Å². The molecule has 2 aromatic rings. The molecule has 0 saturated heterocycles. The van der Waals surface area contributed by atoms with Crippen LogP contribution in [-0.4, -0.2) is 28.1 Å². The van der Waals surface area contributed by atoms with E-state index in [4.69, 9.17) is 10.9 Å². The van der Waals surface area contributed by atoms with Crippen molar-refractivity contribution in [3.8, 4) is 0 Å². The molecule has 6 nitrogen and oxygen atoms in total. The van der Waals surface area contributed by atoms with Gasteiger partial charge in [0.25, 0.3) is 0 Å². The number of rotatable bonds is 4. The van der Waals surface area contributed by atoms with Gasteiger partial charge in [-0.05, 0) is 37.1 Å². The molecule has 1 aromatic heterocycles. The third-order valence-corrected chi connectivity index (χ3v) is 3.24. The molecule has 0 amide bonds. The Morgan fingerprint density at radius 1 is 1.29 bits per heavy atom. The highest BCUT2D eigenvalue weighted by atomic mass is 16.4. The fraction of sp³-hybridized carbons (Fsp3) is 0.267. The van der Waals surface area contributed by atoms with Crippen LogP contribution in [0.15, 0.2) is 35.5 Å². The van der Waals surface area contributed by atoms with Gasteiger partial charge in [0.1, 0.15) is 5.69 Å². The molecule has 110 valence electrons. The van der Waals surface area contributed by atoms with Gasteiger partial charge in [-0.2, -0.15) is 0 Å². The third-order valence-electron chi connectivity index (χ3n) is 3.24. The Bertz CT molecular complexity index is 652. The zero-order valence-corrected chi connectivity index (χ0v) is 12.4. The van der Waals surface area contributed by atoms with Crippen molar-refractivity contribution in [3.05, 3.63) is 47.3 Å². The molecule has 0 aliphatic heterocycles. The number of oxime groups is 1. The van der Waals surface area contributed by atoms with E-state index in [0.717, 1.165) is 17.8 Å². The van der Waals surface area contributed by atoms with Gasteiger partial charge < -0.3 is 15.8 Å². The summed E-state index contributed by atoms with van der Waals surface area (Å²) in [5.74, 6) is 0.470. The molecule has 1 heterocycles. The smallest absolute Gasteiger partial charge is 0.230 e. The molecule has 6 heteroatoms. The molecule has 0 aliphatic rings. The number of aromatic nitrogens is 2. The lowest BCUT2D eigenvalue weighted by atomic mass is 10.1. The van der Waals surface area contributed by atoms with Crippen molar-refractivity contribution < 1.29 is 5.21 Å². The SMILES string of the molecule is CCc1ccc(N(C)c2nc(C)cc(/C(N)=N/O)n2)cc1. The maximum Gasteiger partial charge on any atom is 0.230 e. The Morgan fingerprint density at radius 3 is 2.52 bits per heavy atom. The molecule has 0 saturated carbocycles. The summed E-state index contributed by atoms with van der Waals surface area (Å²) in [4.78, 5) is 10.6. The lowest BCUT2D eigenvalue weighted by Gasteiger charge is -2.18. The number of nitrogens with two attached hydrogens (primary N) is 1. The van der Waals surface area contributed by atoms with Gasteiger partial charge in [0, 0.05) is 18.4 Å². The quantitative estimate of drug-likeness (QED) is 0.389. The normalized spacial score (nSPS) is 11.5. The second-order valence-corrected chi connectivity index (χ2v) is 4.76. The number of hydrogen-bond donors (Lipinski definition) is 2. The average Bonchev–Trinajstić information content (AvgIpc) is 2.52. The molecule has 2 rings (SSSR count). The van der Waals surface area contributed by atoms with Crippen LogP contribution < -0.4 is 10.6 Å². The van der Waals surface area contributed by atoms with E-state index in [2.05, 4.69) is 34.2 Å². The summed E-state index contributed by atoms with van der Waals surface area (Å²) < 4.78 is 0. The average molecular weight is 285 g/mol. The molecule has 3 N–H and O–H groups in total. The Kier molecular flexibility index (Phi) is 4.37. The molecule has 0 radical (unpaired) electrons. The Balaban J connectivity index is 2.37. The second kappa shape index (κ2) is 6.21. The van der Waals surface area contributed by atoms with Gasteiger partial charge in [-0.25, -0.2) is 9.97 Å². The number of aryl methyl sites for hydroxylation is 2. The topological polar surface area (TPSA) is 87.6 Å². The van der Waals surface area contributed by atoms with Crippen molar-refractivity contribution in [2.24, 2.45) is 10.9 Å². The van der Waals surface area contributed by atoms with Gasteiger partial charge in [0.15, 0.2) is 5.84 Å². The monoisotopic (exact) mass is 285 g/mol. The zero-order chi connectivity index (χ0) is 15.4. The Hall–Kier alpha value is -2.63. The third kappa shape index (κ3) is 3.28. The van der Waals surface area contributed by atoms with Crippen LogP contribution in [0.25, 0.3) is 0 Å². The van der Waals surface area contributed by atoms with Crippen LogP contribution >= 0.6 is 0 Å². The maximum atomic E-state index is 8.77. The minimum atomic E-state index is -0.0310. The summed E-state index contributed by atoms with van der Waals surface area (Å²) >= 11 is 0. The summed E-state index contributed by atoms with van der Waals surface area (Å²) in [6, 6.07) is 9.87. The minimum absolute atomic E-state index is 0.0310. The minimum Gasteiger partial charge on any atom is -0.409 e. The summed E-state index contributed by atoms with van der Waals surface area (Å²) in [7, 11) is 1.88. The Morgan fingerprint density at radius 2 is 1.95 bits per heavy atom. The van der Waals surface area contributed by atoms with Crippen molar-refractivity contribution in [1.82, 2.24) is 9.97 Å². The van der Waals surface area contributed by atoms with Gasteiger partial charge >= 0.3 is 0 Å². The van der Waals surface area contributed by atoms with E-state index < -0.39 is 0 Å². The summed E-state index contributed by atoms with van der Waals surface area (Å²) in [5, 5.41) is 11.8. The van der Waals surface area contributed by atoms with Crippen molar-refractivity contribution in [2.45, 2.75) is 20.3 Å². The number of nitrogens with zero attached hydrogens (tertiary/aromatic N) is 4. The van der Waals surface area contributed by atoms with Gasteiger partial charge in [-0.3, -0.25) is 0 Å². The number of amidine groups is 1. The van der Waals surface area contributed by atoms with Crippen LogP contribution in [0.2, 0.25) is 0 Å². The van der Waals surface area contributed by atoms with Crippen molar-refractivity contribution in [2.75, 3.05) is 11.9 Å². The summed E-state index contributed by atoms with van der Waals surface area (Å²) in [6.07, 6.45) is 0.999. The molecular formula is C15H19N5O. The van der Waals surface area contributed by atoms with Gasteiger partial charge in [-0.1, -0.05) is 24.2 Å². The first kappa shape index (κ1) is 14.8. The largest absolute Gasteiger partial charge is 0.409 e. The standard InChI is InChI=1S/C15H19N5O/c1-4-11-5-7-12(8-6-11)20(3)15-17-10(2)9-13(18-15)14(16)19-21/h5-9,21H,4H2,1-3H3,(H2,16,19). The zero-order valence-electron chi connectivity index (χ0n) is 12.4. The highest BCUT2D eigenvalue weighted by Crippen LogP contribution is 2.21. The van der Waals surface area contributed by atoms with Gasteiger partial charge in [0.2, 0.25) is 5.95 Å². The highest BCUT2D eigenvalue weighted by Gasteiger charge is 2.11. The van der Waals surface area contributed by atoms with Crippen LogP contribution in [0.1, 0.15) is 23.9 Å². The summed E-state index contributed by atoms with van der Waals surface area (Å²) in [5.41, 5.74) is 9.00.